The molecule has 1 unspecified atom stereocenters. The molecule has 1 fully saturated rings. The van der Waals surface area contributed by atoms with Crippen LogP contribution in [0.5, 0.6) is 5.75 Å². The second kappa shape index (κ2) is 7.11. The molecule has 1 aliphatic rings. The molecule has 2 rings (SSSR count). The van der Waals surface area contributed by atoms with Crippen molar-refractivity contribution in [1.82, 2.24) is 4.31 Å². The van der Waals surface area contributed by atoms with Crippen LogP contribution in [0.2, 0.25) is 0 Å². The molecule has 6 nitrogen and oxygen atoms in total. The van der Waals surface area contributed by atoms with E-state index in [1.807, 2.05) is 6.92 Å². The van der Waals surface area contributed by atoms with E-state index < -0.39 is 10.2 Å². The molecule has 3 N–H and O–H groups in total. The number of anilines is 1. The van der Waals surface area contributed by atoms with Gasteiger partial charge in [0.25, 0.3) is 0 Å². The van der Waals surface area contributed by atoms with E-state index in [9.17, 15) is 8.42 Å². The summed E-state index contributed by atoms with van der Waals surface area (Å²) in [6.45, 7) is 4.04. The molecule has 0 aliphatic carbocycles. The molecule has 7 heteroatoms. The molecule has 0 aromatic heterocycles. The van der Waals surface area contributed by atoms with Crippen molar-refractivity contribution in [2.24, 2.45) is 11.7 Å². The normalized spacial score (nSPS) is 20.2. The Kier molecular flexibility index (Phi) is 5.44. The van der Waals surface area contributed by atoms with Crippen molar-refractivity contribution < 1.29 is 13.2 Å². The summed E-state index contributed by atoms with van der Waals surface area (Å²) >= 11 is 0. The van der Waals surface area contributed by atoms with Crippen molar-refractivity contribution in [2.75, 3.05) is 31.0 Å². The number of ether oxygens (including phenoxy) is 1. The minimum Gasteiger partial charge on any atom is -0.494 e. The Morgan fingerprint density at radius 3 is 2.71 bits per heavy atom. The number of hydrogen-bond donors (Lipinski definition) is 2. The zero-order valence-corrected chi connectivity index (χ0v) is 13.1. The number of piperidine rings is 1. The lowest BCUT2D eigenvalue weighted by Gasteiger charge is -2.31. The van der Waals surface area contributed by atoms with Crippen LogP contribution in [0.25, 0.3) is 0 Å². The lowest BCUT2D eigenvalue weighted by molar-refractivity contribution is 0.273. The molecule has 118 valence electrons. The van der Waals surface area contributed by atoms with E-state index in [0.717, 1.165) is 18.6 Å². The van der Waals surface area contributed by atoms with Gasteiger partial charge in [0, 0.05) is 13.1 Å². The number of benzene rings is 1. The maximum atomic E-state index is 12.4. The maximum absolute atomic E-state index is 12.4. The highest BCUT2D eigenvalue weighted by atomic mass is 32.2. The van der Waals surface area contributed by atoms with Gasteiger partial charge in [0.05, 0.1) is 12.3 Å². The van der Waals surface area contributed by atoms with E-state index in [2.05, 4.69) is 4.72 Å². The second-order valence-corrected chi connectivity index (χ2v) is 6.84. The summed E-state index contributed by atoms with van der Waals surface area (Å²) < 4.78 is 34.2. The highest BCUT2D eigenvalue weighted by molar-refractivity contribution is 7.90. The summed E-state index contributed by atoms with van der Waals surface area (Å²) in [5, 5.41) is 0. The Balaban J connectivity index is 2.02. The Morgan fingerprint density at radius 2 is 2.10 bits per heavy atom. The molecule has 1 aromatic carbocycles. The van der Waals surface area contributed by atoms with Crippen LogP contribution in [-0.4, -0.2) is 39.0 Å². The van der Waals surface area contributed by atoms with Crippen molar-refractivity contribution in [3.8, 4) is 5.75 Å². The van der Waals surface area contributed by atoms with E-state index in [-0.39, 0.29) is 5.92 Å². The van der Waals surface area contributed by atoms with E-state index >= 15 is 0 Å². The molecule has 1 atom stereocenters. The highest BCUT2D eigenvalue weighted by Gasteiger charge is 2.28. The number of hydrogen-bond acceptors (Lipinski definition) is 4. The van der Waals surface area contributed by atoms with Crippen LogP contribution in [0, 0.1) is 5.92 Å². The van der Waals surface area contributed by atoms with Crippen LogP contribution in [0.4, 0.5) is 5.69 Å². The van der Waals surface area contributed by atoms with Crippen LogP contribution in [0.3, 0.4) is 0 Å². The molecular weight excluding hydrogens is 290 g/mol. The number of nitrogens with one attached hydrogen (secondary N) is 1. The minimum atomic E-state index is -3.52. The Bertz CT molecular complexity index is 545. The molecule has 1 aromatic rings. The summed E-state index contributed by atoms with van der Waals surface area (Å²) in [4.78, 5) is 0. The van der Waals surface area contributed by atoms with Crippen molar-refractivity contribution >= 4 is 15.9 Å². The molecule has 0 spiro atoms. The van der Waals surface area contributed by atoms with Gasteiger partial charge in [0.1, 0.15) is 5.75 Å². The second-order valence-electron chi connectivity index (χ2n) is 5.17. The van der Waals surface area contributed by atoms with Crippen LogP contribution >= 0.6 is 0 Å². The van der Waals surface area contributed by atoms with Gasteiger partial charge in [0.15, 0.2) is 0 Å². The first-order chi connectivity index (χ1) is 10.0. The smallest absolute Gasteiger partial charge is 0.301 e. The molecule has 0 saturated carbocycles. The van der Waals surface area contributed by atoms with Gasteiger partial charge in [-0.25, -0.2) is 0 Å². The molecule has 1 saturated heterocycles. The standard InChI is InChI=1S/C14H23N3O3S/c1-2-20-14-7-5-13(6-8-14)16-21(18,19)17-9-3-4-12(10-15)11-17/h5-8,12,16H,2-4,9-11,15H2,1H3. The summed E-state index contributed by atoms with van der Waals surface area (Å²) in [5.74, 6) is 0.970. The Hall–Kier alpha value is -1.31. The molecule has 1 aliphatic heterocycles. The minimum absolute atomic E-state index is 0.246. The third kappa shape index (κ3) is 4.33. The van der Waals surface area contributed by atoms with Crippen molar-refractivity contribution in [3.05, 3.63) is 24.3 Å². The van der Waals surface area contributed by atoms with Gasteiger partial charge < -0.3 is 10.5 Å². The van der Waals surface area contributed by atoms with Gasteiger partial charge >= 0.3 is 10.2 Å². The van der Waals surface area contributed by atoms with Gasteiger partial charge in [-0.05, 0) is 56.5 Å². The van der Waals surface area contributed by atoms with E-state index in [1.54, 1.807) is 24.3 Å². The average molecular weight is 313 g/mol. The fourth-order valence-electron chi connectivity index (χ4n) is 2.44. The van der Waals surface area contributed by atoms with Crippen LogP contribution in [0.1, 0.15) is 19.8 Å². The summed E-state index contributed by atoms with van der Waals surface area (Å²) in [6, 6.07) is 6.90. The first kappa shape index (κ1) is 16.1. The predicted molar refractivity (Wildman–Crippen MR) is 83.5 cm³/mol. The summed E-state index contributed by atoms with van der Waals surface area (Å²) in [5.41, 5.74) is 6.19. The third-order valence-electron chi connectivity index (χ3n) is 3.57. The fraction of sp³-hybridized carbons (Fsp3) is 0.571. The van der Waals surface area contributed by atoms with Gasteiger partial charge in [-0.3, -0.25) is 4.72 Å². The molecule has 21 heavy (non-hydrogen) atoms. The zero-order valence-electron chi connectivity index (χ0n) is 12.3. The zero-order chi connectivity index (χ0) is 15.3. The summed E-state index contributed by atoms with van der Waals surface area (Å²) in [6.07, 6.45) is 1.84. The van der Waals surface area contributed by atoms with Gasteiger partial charge in [0.2, 0.25) is 0 Å². The Morgan fingerprint density at radius 1 is 1.38 bits per heavy atom. The number of rotatable bonds is 6. The van der Waals surface area contributed by atoms with Crippen LogP contribution in [-0.2, 0) is 10.2 Å². The van der Waals surface area contributed by atoms with Crippen LogP contribution in [0.15, 0.2) is 24.3 Å². The quantitative estimate of drug-likeness (QED) is 0.831. The van der Waals surface area contributed by atoms with Gasteiger partial charge in [-0.1, -0.05) is 0 Å². The highest BCUT2D eigenvalue weighted by Crippen LogP contribution is 2.21. The number of nitrogens with two attached hydrogens (primary N) is 1. The molecule has 1 heterocycles. The summed E-state index contributed by atoms with van der Waals surface area (Å²) in [7, 11) is -3.52. The van der Waals surface area contributed by atoms with E-state index in [0.29, 0.717) is 31.9 Å². The monoisotopic (exact) mass is 313 g/mol. The molecule has 0 bridgehead atoms. The van der Waals surface area contributed by atoms with Crippen molar-refractivity contribution in [1.29, 1.82) is 0 Å². The van der Waals surface area contributed by atoms with E-state index in [4.69, 9.17) is 10.5 Å². The van der Waals surface area contributed by atoms with Crippen molar-refractivity contribution in [3.63, 3.8) is 0 Å². The average Bonchev–Trinajstić information content (AvgIpc) is 2.49. The topological polar surface area (TPSA) is 84.7 Å². The molecule has 0 amide bonds. The lowest BCUT2D eigenvalue weighted by Crippen LogP contribution is -2.44. The van der Waals surface area contributed by atoms with Gasteiger partial charge in [-0.15, -0.1) is 0 Å². The first-order valence-corrected chi connectivity index (χ1v) is 8.70. The maximum Gasteiger partial charge on any atom is 0.301 e. The molecule has 0 radical (unpaired) electrons. The van der Waals surface area contributed by atoms with Gasteiger partial charge in [-0.2, -0.15) is 12.7 Å². The first-order valence-electron chi connectivity index (χ1n) is 7.26. The Labute approximate surface area is 126 Å². The van der Waals surface area contributed by atoms with Crippen LogP contribution < -0.4 is 15.2 Å². The lowest BCUT2D eigenvalue weighted by atomic mass is 10.0. The van der Waals surface area contributed by atoms with E-state index in [1.165, 1.54) is 4.31 Å². The third-order valence-corrected chi connectivity index (χ3v) is 5.07. The SMILES string of the molecule is CCOc1ccc(NS(=O)(=O)N2CCCC(CN)C2)cc1. The fourth-order valence-corrected chi connectivity index (χ4v) is 3.78. The molecular formula is C14H23N3O3S. The largest absolute Gasteiger partial charge is 0.494 e. The number of nitrogens with zero attached hydrogens (tertiary/aromatic N) is 1. The van der Waals surface area contributed by atoms with Crippen molar-refractivity contribution in [2.45, 2.75) is 19.8 Å². The predicted octanol–water partition coefficient (Wildman–Crippen LogP) is 1.41.